The number of rotatable bonds is 5. The van der Waals surface area contributed by atoms with Crippen LogP contribution in [0.4, 0.5) is 0 Å². The Morgan fingerprint density at radius 3 is 2.84 bits per heavy atom. The summed E-state index contributed by atoms with van der Waals surface area (Å²) in [7, 11) is 0. The molecule has 2 rings (SSSR count). The Bertz CT molecular complexity index is 450. The van der Waals surface area contributed by atoms with Crippen molar-refractivity contribution in [2.24, 2.45) is 5.73 Å². The van der Waals surface area contributed by atoms with Crippen molar-refractivity contribution >= 4 is 11.8 Å². The van der Waals surface area contributed by atoms with Crippen LogP contribution in [0.15, 0.2) is 30.3 Å². The maximum atomic E-state index is 11.8. The first-order valence-electron chi connectivity index (χ1n) is 6.18. The Hall–Kier alpha value is -1.92. The Kier molecular flexibility index (Phi) is 4.48. The Morgan fingerprint density at radius 2 is 2.21 bits per heavy atom. The number of hydrogen-bond donors (Lipinski definition) is 3. The number of hydroxylamine groups is 1. The molecule has 0 radical (unpaired) electrons. The zero-order valence-corrected chi connectivity index (χ0v) is 10.5. The van der Waals surface area contributed by atoms with Crippen molar-refractivity contribution in [1.82, 2.24) is 10.8 Å². The number of hydrogen-bond acceptors (Lipinski definition) is 4. The molecule has 2 atom stereocenters. The van der Waals surface area contributed by atoms with E-state index in [-0.39, 0.29) is 18.4 Å². The molecule has 1 heterocycles. The minimum absolute atomic E-state index is 0.135. The number of carbonyl (C=O) groups is 2. The van der Waals surface area contributed by atoms with Crippen LogP contribution in [0.5, 0.6) is 0 Å². The van der Waals surface area contributed by atoms with Crippen molar-refractivity contribution in [1.29, 1.82) is 0 Å². The predicted octanol–water partition coefficient (Wildman–Crippen LogP) is -0.507. The highest BCUT2D eigenvalue weighted by atomic mass is 16.7. The minimum atomic E-state index is -0.643. The summed E-state index contributed by atoms with van der Waals surface area (Å²) < 4.78 is 0. The molecular weight excluding hydrogens is 246 g/mol. The second-order valence-corrected chi connectivity index (χ2v) is 4.47. The zero-order chi connectivity index (χ0) is 13.7. The summed E-state index contributed by atoms with van der Waals surface area (Å²) in [5.74, 6) is -0.676. The summed E-state index contributed by atoms with van der Waals surface area (Å²) in [6, 6.07) is 8.53. The molecule has 1 saturated heterocycles. The third-order valence-corrected chi connectivity index (χ3v) is 2.98. The maximum Gasteiger partial charge on any atom is 0.268 e. The van der Waals surface area contributed by atoms with Gasteiger partial charge in [-0.05, 0) is 18.4 Å². The van der Waals surface area contributed by atoms with Crippen LogP contribution in [0.1, 0.15) is 12.0 Å². The molecule has 1 aromatic rings. The van der Waals surface area contributed by atoms with Gasteiger partial charge in [-0.25, -0.2) is 5.48 Å². The first-order valence-corrected chi connectivity index (χ1v) is 6.18. The van der Waals surface area contributed by atoms with E-state index in [0.717, 1.165) is 12.0 Å². The number of carbonyl (C=O) groups excluding carboxylic acids is 2. The lowest BCUT2D eigenvalue weighted by Crippen LogP contribution is -2.49. The highest BCUT2D eigenvalue weighted by molar-refractivity contribution is 5.90. The van der Waals surface area contributed by atoms with E-state index in [9.17, 15) is 9.59 Å². The molecule has 0 aromatic heterocycles. The molecule has 1 aliphatic rings. The van der Waals surface area contributed by atoms with Crippen LogP contribution in [0.2, 0.25) is 0 Å². The van der Waals surface area contributed by atoms with E-state index in [0.29, 0.717) is 6.42 Å². The highest BCUT2D eigenvalue weighted by Crippen LogP contribution is 2.04. The molecule has 0 spiro atoms. The molecule has 102 valence electrons. The smallest absolute Gasteiger partial charge is 0.268 e. The van der Waals surface area contributed by atoms with Crippen LogP contribution in [0.25, 0.3) is 0 Å². The van der Waals surface area contributed by atoms with Crippen molar-refractivity contribution < 1.29 is 14.4 Å². The van der Waals surface area contributed by atoms with Gasteiger partial charge in [-0.1, -0.05) is 30.3 Å². The summed E-state index contributed by atoms with van der Waals surface area (Å²) in [6.07, 6.45) is 1.26. The Labute approximate surface area is 111 Å². The summed E-state index contributed by atoms with van der Waals surface area (Å²) in [5, 5.41) is 2.56. The van der Waals surface area contributed by atoms with Crippen LogP contribution in [0, 0.1) is 0 Å². The van der Waals surface area contributed by atoms with Crippen LogP contribution in [0.3, 0.4) is 0 Å². The van der Waals surface area contributed by atoms with Crippen LogP contribution in [-0.4, -0.2) is 30.5 Å². The summed E-state index contributed by atoms with van der Waals surface area (Å²) in [6.45, 7) is 0.135. The van der Waals surface area contributed by atoms with E-state index >= 15 is 0 Å². The van der Waals surface area contributed by atoms with Gasteiger partial charge in [-0.2, -0.15) is 0 Å². The molecule has 4 N–H and O–H groups in total. The molecule has 1 aromatic carbocycles. The van der Waals surface area contributed by atoms with Crippen molar-refractivity contribution in [3.63, 3.8) is 0 Å². The lowest BCUT2D eigenvalue weighted by atomic mass is 10.1. The van der Waals surface area contributed by atoms with Crippen LogP contribution < -0.4 is 16.5 Å². The van der Waals surface area contributed by atoms with Gasteiger partial charge < -0.3 is 11.1 Å². The molecule has 1 aliphatic heterocycles. The molecule has 2 amide bonds. The third kappa shape index (κ3) is 3.77. The summed E-state index contributed by atoms with van der Waals surface area (Å²) in [4.78, 5) is 27.7. The van der Waals surface area contributed by atoms with E-state index < -0.39 is 12.1 Å². The number of nitrogens with two attached hydrogens (primary N) is 1. The fourth-order valence-corrected chi connectivity index (χ4v) is 1.83. The van der Waals surface area contributed by atoms with Gasteiger partial charge in [0.25, 0.3) is 5.91 Å². The Morgan fingerprint density at radius 1 is 1.47 bits per heavy atom. The molecule has 0 bridgehead atoms. The van der Waals surface area contributed by atoms with Crippen molar-refractivity contribution in [3.8, 4) is 0 Å². The Balaban J connectivity index is 1.78. The topological polar surface area (TPSA) is 93.5 Å². The average molecular weight is 263 g/mol. The number of amides is 2. The fourth-order valence-electron chi connectivity index (χ4n) is 1.83. The first kappa shape index (κ1) is 13.5. The van der Waals surface area contributed by atoms with Gasteiger partial charge in [-0.3, -0.25) is 14.4 Å². The van der Waals surface area contributed by atoms with Crippen LogP contribution in [-0.2, 0) is 20.8 Å². The molecule has 19 heavy (non-hydrogen) atoms. The third-order valence-electron chi connectivity index (χ3n) is 2.98. The SMILES string of the molecule is N[C@@H](CCc1ccccc1)C(=O)N[C@@H]1CONC1=O. The van der Waals surface area contributed by atoms with E-state index in [1.807, 2.05) is 30.3 Å². The average Bonchev–Trinajstić information content (AvgIpc) is 2.82. The number of aryl methyl sites for hydroxylation is 1. The monoisotopic (exact) mass is 263 g/mol. The number of benzene rings is 1. The summed E-state index contributed by atoms with van der Waals surface area (Å²) in [5.41, 5.74) is 9.11. The van der Waals surface area contributed by atoms with Crippen LogP contribution >= 0.6 is 0 Å². The highest BCUT2D eigenvalue weighted by Gasteiger charge is 2.28. The second-order valence-electron chi connectivity index (χ2n) is 4.47. The van der Waals surface area contributed by atoms with Gasteiger partial charge in [0.1, 0.15) is 12.6 Å². The van der Waals surface area contributed by atoms with E-state index in [1.54, 1.807) is 0 Å². The first-order chi connectivity index (χ1) is 9.16. The van der Waals surface area contributed by atoms with Gasteiger partial charge in [-0.15, -0.1) is 0 Å². The van der Waals surface area contributed by atoms with Gasteiger partial charge in [0, 0.05) is 0 Å². The largest absolute Gasteiger partial charge is 0.341 e. The van der Waals surface area contributed by atoms with E-state index in [2.05, 4.69) is 10.8 Å². The standard InChI is InChI=1S/C13H17N3O3/c14-10(7-6-9-4-2-1-3-5-9)12(17)15-11-8-19-16-13(11)18/h1-5,10-11H,6-8,14H2,(H,15,17)(H,16,18)/t10-,11+/m0/s1. The zero-order valence-electron chi connectivity index (χ0n) is 10.5. The van der Waals surface area contributed by atoms with Crippen molar-refractivity contribution in [2.45, 2.75) is 24.9 Å². The number of nitrogens with one attached hydrogen (secondary N) is 2. The van der Waals surface area contributed by atoms with E-state index in [1.165, 1.54) is 0 Å². The van der Waals surface area contributed by atoms with E-state index in [4.69, 9.17) is 10.6 Å². The molecule has 1 fully saturated rings. The molecule has 0 unspecified atom stereocenters. The minimum Gasteiger partial charge on any atom is -0.341 e. The van der Waals surface area contributed by atoms with Crippen molar-refractivity contribution in [2.75, 3.05) is 6.61 Å². The lowest BCUT2D eigenvalue weighted by molar-refractivity contribution is -0.129. The molecule has 0 aliphatic carbocycles. The molecular formula is C13H17N3O3. The van der Waals surface area contributed by atoms with Gasteiger partial charge in [0.05, 0.1) is 6.04 Å². The van der Waals surface area contributed by atoms with Gasteiger partial charge >= 0.3 is 0 Å². The fraction of sp³-hybridized carbons (Fsp3) is 0.385. The maximum absolute atomic E-state index is 11.8. The molecule has 6 heteroatoms. The van der Waals surface area contributed by atoms with Gasteiger partial charge in [0.15, 0.2) is 0 Å². The predicted molar refractivity (Wildman–Crippen MR) is 68.8 cm³/mol. The second kappa shape index (κ2) is 6.31. The molecule has 6 nitrogen and oxygen atoms in total. The lowest BCUT2D eigenvalue weighted by Gasteiger charge is -2.14. The van der Waals surface area contributed by atoms with Gasteiger partial charge in [0.2, 0.25) is 5.91 Å². The van der Waals surface area contributed by atoms with Crippen molar-refractivity contribution in [3.05, 3.63) is 35.9 Å². The normalized spacial score (nSPS) is 19.8. The summed E-state index contributed by atoms with van der Waals surface area (Å²) >= 11 is 0. The quantitative estimate of drug-likeness (QED) is 0.667. The molecule has 0 saturated carbocycles.